The Morgan fingerprint density at radius 1 is 1.21 bits per heavy atom. The van der Waals surface area contributed by atoms with Crippen LogP contribution in [-0.2, 0) is 6.54 Å². The molecule has 1 atom stereocenters. The quantitative estimate of drug-likeness (QED) is 0.632. The Kier molecular flexibility index (Phi) is 6.52. The smallest absolute Gasteiger partial charge is 0.191 e. The van der Waals surface area contributed by atoms with E-state index in [2.05, 4.69) is 35.4 Å². The van der Waals surface area contributed by atoms with Gasteiger partial charge in [0.15, 0.2) is 17.5 Å². The van der Waals surface area contributed by atoms with E-state index in [1.54, 1.807) is 0 Å². The van der Waals surface area contributed by atoms with Gasteiger partial charge in [-0.15, -0.1) is 0 Å². The van der Waals surface area contributed by atoms with Crippen molar-refractivity contribution in [1.29, 1.82) is 0 Å². The maximum atomic E-state index is 5.75. The number of aliphatic imine (C=N–C) groups is 1. The second kappa shape index (κ2) is 9.06. The molecule has 3 rings (SSSR count). The number of rotatable bonds is 5. The van der Waals surface area contributed by atoms with Crippen LogP contribution in [0.15, 0.2) is 23.2 Å². The highest BCUT2D eigenvalue weighted by molar-refractivity contribution is 8.00. The van der Waals surface area contributed by atoms with Crippen LogP contribution >= 0.6 is 11.8 Å². The van der Waals surface area contributed by atoms with Crippen LogP contribution < -0.4 is 20.1 Å². The molecule has 2 aliphatic heterocycles. The molecule has 0 spiro atoms. The molecule has 0 aliphatic carbocycles. The minimum Gasteiger partial charge on any atom is -0.490 e. The number of ether oxygens (including phenoxy) is 2. The normalized spacial score (nSPS) is 20.5. The Hall–Kier alpha value is -1.56. The zero-order chi connectivity index (χ0) is 16.6. The van der Waals surface area contributed by atoms with Gasteiger partial charge in [-0.1, -0.05) is 6.07 Å². The molecule has 2 heterocycles. The monoisotopic (exact) mass is 349 g/mol. The van der Waals surface area contributed by atoms with Crippen molar-refractivity contribution in [3.05, 3.63) is 23.8 Å². The molecule has 1 saturated heterocycles. The molecule has 24 heavy (non-hydrogen) atoms. The van der Waals surface area contributed by atoms with Crippen LogP contribution in [0.5, 0.6) is 11.5 Å². The highest BCUT2D eigenvalue weighted by Gasteiger charge is 2.15. The summed E-state index contributed by atoms with van der Waals surface area (Å²) in [6, 6.07) is 6.09. The van der Waals surface area contributed by atoms with E-state index in [4.69, 9.17) is 14.5 Å². The lowest BCUT2D eigenvalue weighted by atomic mass is 10.2. The Bertz CT molecular complexity index is 559. The third-order valence-electron chi connectivity index (χ3n) is 4.10. The summed E-state index contributed by atoms with van der Waals surface area (Å²) < 4.78 is 11.4. The zero-order valence-corrected chi connectivity index (χ0v) is 15.2. The van der Waals surface area contributed by atoms with Gasteiger partial charge in [0, 0.05) is 24.8 Å². The third kappa shape index (κ3) is 4.97. The lowest BCUT2D eigenvalue weighted by Gasteiger charge is -2.14. The molecule has 6 heteroatoms. The maximum Gasteiger partial charge on any atom is 0.191 e. The highest BCUT2D eigenvalue weighted by Crippen LogP contribution is 2.30. The fourth-order valence-electron chi connectivity index (χ4n) is 2.83. The summed E-state index contributed by atoms with van der Waals surface area (Å²) in [7, 11) is 0. The second-order valence-electron chi connectivity index (χ2n) is 6.04. The lowest BCUT2D eigenvalue weighted by molar-refractivity contribution is 0.297. The standard InChI is InChI=1S/C18H27N3O2S/c1-2-19-18(21-13-15-5-3-10-24-15)20-12-14-6-7-16-17(11-14)23-9-4-8-22-16/h6-7,11,15H,2-5,8-10,12-13H2,1H3,(H2,19,20,21). The van der Waals surface area contributed by atoms with Crippen LogP contribution in [-0.4, -0.2) is 43.3 Å². The van der Waals surface area contributed by atoms with Gasteiger partial charge < -0.3 is 20.1 Å². The number of hydrogen-bond acceptors (Lipinski definition) is 4. The van der Waals surface area contributed by atoms with Crippen molar-refractivity contribution < 1.29 is 9.47 Å². The molecular formula is C18H27N3O2S. The number of nitrogens with one attached hydrogen (secondary N) is 2. The number of nitrogens with zero attached hydrogens (tertiary/aromatic N) is 1. The lowest BCUT2D eigenvalue weighted by Crippen LogP contribution is -2.40. The van der Waals surface area contributed by atoms with Crippen molar-refractivity contribution >= 4 is 17.7 Å². The molecule has 5 nitrogen and oxygen atoms in total. The van der Waals surface area contributed by atoms with Gasteiger partial charge >= 0.3 is 0 Å². The van der Waals surface area contributed by atoms with Gasteiger partial charge in [-0.3, -0.25) is 0 Å². The first kappa shape index (κ1) is 17.3. The van der Waals surface area contributed by atoms with Gasteiger partial charge in [0.1, 0.15) is 0 Å². The van der Waals surface area contributed by atoms with Crippen molar-refractivity contribution in [1.82, 2.24) is 10.6 Å². The first-order valence-electron chi connectivity index (χ1n) is 8.87. The molecule has 132 valence electrons. The molecule has 1 aromatic carbocycles. The van der Waals surface area contributed by atoms with E-state index in [1.807, 2.05) is 12.1 Å². The molecule has 1 fully saturated rings. The summed E-state index contributed by atoms with van der Waals surface area (Å²) in [6.45, 7) is 6.00. The zero-order valence-electron chi connectivity index (χ0n) is 14.3. The van der Waals surface area contributed by atoms with Crippen LogP contribution in [0.25, 0.3) is 0 Å². The van der Waals surface area contributed by atoms with E-state index < -0.39 is 0 Å². The minimum atomic E-state index is 0.629. The topological polar surface area (TPSA) is 54.9 Å². The molecule has 1 unspecified atom stereocenters. The molecule has 2 aliphatic rings. The summed E-state index contributed by atoms with van der Waals surface area (Å²) in [5.41, 5.74) is 1.13. The van der Waals surface area contributed by atoms with E-state index >= 15 is 0 Å². The SMILES string of the molecule is CCNC(=NCc1ccc2c(c1)OCCCO2)NCC1CCCS1. The number of guanidine groups is 1. The highest BCUT2D eigenvalue weighted by atomic mass is 32.2. The van der Waals surface area contributed by atoms with Gasteiger partial charge in [-0.2, -0.15) is 11.8 Å². The summed E-state index contributed by atoms with van der Waals surface area (Å²) in [6.07, 6.45) is 3.57. The van der Waals surface area contributed by atoms with Gasteiger partial charge in [-0.05, 0) is 43.2 Å². The van der Waals surface area contributed by atoms with E-state index in [0.29, 0.717) is 18.4 Å². The van der Waals surface area contributed by atoms with Crippen LogP contribution in [0.4, 0.5) is 0 Å². The van der Waals surface area contributed by atoms with E-state index in [-0.39, 0.29) is 0 Å². The molecule has 0 radical (unpaired) electrons. The van der Waals surface area contributed by atoms with Crippen molar-refractivity contribution in [2.75, 3.05) is 32.1 Å². The first-order valence-corrected chi connectivity index (χ1v) is 9.92. The Labute approximate surface area is 148 Å². The molecule has 0 aromatic heterocycles. The molecule has 0 saturated carbocycles. The minimum absolute atomic E-state index is 0.629. The van der Waals surface area contributed by atoms with Crippen molar-refractivity contribution in [2.24, 2.45) is 4.99 Å². The molecule has 2 N–H and O–H groups in total. The Morgan fingerprint density at radius 3 is 2.88 bits per heavy atom. The fourth-order valence-corrected chi connectivity index (χ4v) is 4.04. The Morgan fingerprint density at radius 2 is 2.08 bits per heavy atom. The predicted molar refractivity (Wildman–Crippen MR) is 100 cm³/mol. The molecule has 0 amide bonds. The van der Waals surface area contributed by atoms with Gasteiger partial charge in [0.2, 0.25) is 0 Å². The molecule has 1 aromatic rings. The van der Waals surface area contributed by atoms with E-state index in [0.717, 1.165) is 49.1 Å². The van der Waals surface area contributed by atoms with Crippen LogP contribution in [0, 0.1) is 0 Å². The van der Waals surface area contributed by atoms with E-state index in [9.17, 15) is 0 Å². The number of benzene rings is 1. The summed E-state index contributed by atoms with van der Waals surface area (Å²) in [5.74, 6) is 3.85. The van der Waals surface area contributed by atoms with Gasteiger partial charge in [-0.25, -0.2) is 4.99 Å². The summed E-state index contributed by atoms with van der Waals surface area (Å²) in [4.78, 5) is 4.71. The van der Waals surface area contributed by atoms with Crippen molar-refractivity contribution in [3.63, 3.8) is 0 Å². The summed E-state index contributed by atoms with van der Waals surface area (Å²) >= 11 is 2.06. The third-order valence-corrected chi connectivity index (χ3v) is 5.50. The largest absolute Gasteiger partial charge is 0.490 e. The second-order valence-corrected chi connectivity index (χ2v) is 7.45. The van der Waals surface area contributed by atoms with E-state index in [1.165, 1.54) is 18.6 Å². The molecular weight excluding hydrogens is 322 g/mol. The first-order chi connectivity index (χ1) is 11.8. The number of thioether (sulfide) groups is 1. The fraction of sp³-hybridized carbons (Fsp3) is 0.611. The van der Waals surface area contributed by atoms with Crippen LogP contribution in [0.2, 0.25) is 0 Å². The number of fused-ring (bicyclic) bond motifs is 1. The van der Waals surface area contributed by atoms with Gasteiger partial charge in [0.05, 0.1) is 19.8 Å². The van der Waals surface area contributed by atoms with Crippen molar-refractivity contribution in [3.8, 4) is 11.5 Å². The van der Waals surface area contributed by atoms with Crippen LogP contribution in [0.1, 0.15) is 31.7 Å². The van der Waals surface area contributed by atoms with Crippen LogP contribution in [0.3, 0.4) is 0 Å². The maximum absolute atomic E-state index is 5.75. The molecule has 0 bridgehead atoms. The Balaban J connectivity index is 1.59. The average Bonchev–Trinajstić information content (AvgIpc) is 3.01. The predicted octanol–water partition coefficient (Wildman–Crippen LogP) is 2.80. The average molecular weight is 350 g/mol. The van der Waals surface area contributed by atoms with Crippen molar-refractivity contribution in [2.45, 2.75) is 38.0 Å². The number of hydrogen-bond donors (Lipinski definition) is 2. The summed E-state index contributed by atoms with van der Waals surface area (Å²) in [5, 5.41) is 7.50. The van der Waals surface area contributed by atoms with Gasteiger partial charge in [0.25, 0.3) is 0 Å².